The van der Waals surface area contributed by atoms with Crippen molar-refractivity contribution in [2.75, 3.05) is 0 Å². The summed E-state index contributed by atoms with van der Waals surface area (Å²) >= 11 is 0. The molecule has 2 fully saturated rings. The molecule has 0 aromatic rings. The van der Waals surface area contributed by atoms with Crippen LogP contribution < -0.4 is 5.32 Å². The van der Waals surface area contributed by atoms with E-state index in [0.29, 0.717) is 5.41 Å². The van der Waals surface area contributed by atoms with Crippen molar-refractivity contribution < 1.29 is 9.59 Å². The molecular formula is C17H30N2O2. The molecule has 0 radical (unpaired) electrons. The number of rotatable bonds is 1. The lowest BCUT2D eigenvalue weighted by Crippen LogP contribution is -2.68. The van der Waals surface area contributed by atoms with Gasteiger partial charge in [0.2, 0.25) is 11.8 Å². The maximum Gasteiger partial charge on any atom is 0.246 e. The first-order valence-electron chi connectivity index (χ1n) is 8.15. The number of amides is 2. The van der Waals surface area contributed by atoms with Gasteiger partial charge < -0.3 is 10.2 Å². The molecule has 4 heteroatoms. The molecule has 2 unspecified atom stereocenters. The van der Waals surface area contributed by atoms with Crippen molar-refractivity contribution in [2.45, 2.75) is 85.4 Å². The lowest BCUT2D eigenvalue weighted by atomic mass is 9.74. The highest BCUT2D eigenvalue weighted by molar-refractivity contribution is 5.97. The van der Waals surface area contributed by atoms with E-state index in [9.17, 15) is 9.59 Å². The van der Waals surface area contributed by atoms with E-state index in [2.05, 4.69) is 19.2 Å². The topological polar surface area (TPSA) is 49.4 Å². The van der Waals surface area contributed by atoms with Gasteiger partial charge in [-0.1, -0.05) is 34.6 Å². The monoisotopic (exact) mass is 294 g/mol. The summed E-state index contributed by atoms with van der Waals surface area (Å²) in [7, 11) is 0. The smallest absolute Gasteiger partial charge is 0.246 e. The third kappa shape index (κ3) is 3.24. The van der Waals surface area contributed by atoms with Crippen LogP contribution >= 0.6 is 0 Å². The van der Waals surface area contributed by atoms with Gasteiger partial charge >= 0.3 is 0 Å². The fourth-order valence-electron chi connectivity index (χ4n) is 3.54. The molecule has 0 aromatic heterocycles. The van der Waals surface area contributed by atoms with Gasteiger partial charge in [0.15, 0.2) is 0 Å². The minimum Gasteiger partial charge on any atom is -0.342 e. The molecule has 0 spiro atoms. The molecule has 0 aromatic carbocycles. The zero-order valence-corrected chi connectivity index (χ0v) is 14.3. The molecule has 1 N–H and O–H groups in total. The largest absolute Gasteiger partial charge is 0.342 e. The molecule has 2 atom stereocenters. The number of nitrogens with zero attached hydrogens (tertiary/aromatic N) is 1. The summed E-state index contributed by atoms with van der Waals surface area (Å²) in [5.41, 5.74) is 0.114. The first-order chi connectivity index (χ1) is 9.53. The predicted octanol–water partition coefficient (Wildman–Crippen LogP) is 2.72. The zero-order chi connectivity index (χ0) is 16.0. The first-order valence-corrected chi connectivity index (χ1v) is 8.15. The van der Waals surface area contributed by atoms with E-state index in [0.717, 1.165) is 25.7 Å². The molecule has 1 aliphatic heterocycles. The molecule has 2 rings (SSSR count). The van der Waals surface area contributed by atoms with Crippen molar-refractivity contribution in [3.8, 4) is 0 Å². The van der Waals surface area contributed by atoms with Crippen LogP contribution in [0, 0.1) is 10.8 Å². The van der Waals surface area contributed by atoms with E-state index in [1.54, 1.807) is 0 Å². The van der Waals surface area contributed by atoms with E-state index < -0.39 is 6.04 Å². The molecule has 1 saturated heterocycles. The Bertz CT molecular complexity index is 427. The van der Waals surface area contributed by atoms with Crippen molar-refractivity contribution in [2.24, 2.45) is 10.8 Å². The zero-order valence-electron chi connectivity index (χ0n) is 14.3. The van der Waals surface area contributed by atoms with Crippen molar-refractivity contribution in [3.63, 3.8) is 0 Å². The number of hydrogen-bond donors (Lipinski definition) is 1. The highest BCUT2D eigenvalue weighted by Gasteiger charge is 2.46. The van der Waals surface area contributed by atoms with Crippen molar-refractivity contribution >= 4 is 11.8 Å². The summed E-state index contributed by atoms with van der Waals surface area (Å²) in [5.74, 6) is 0.0821. The molecule has 2 aliphatic rings. The third-order valence-electron chi connectivity index (χ3n) is 5.15. The lowest BCUT2D eigenvalue weighted by Gasteiger charge is -2.48. The Balaban J connectivity index is 2.20. The van der Waals surface area contributed by atoms with Gasteiger partial charge in [0.1, 0.15) is 12.1 Å². The standard InChI is InChI=1S/C17H30N2O2/c1-11-14(20)18-13(16(2,3)4)15(21)19(11)12-7-9-17(5,6)10-8-12/h11-13H,7-10H2,1-6H3,(H,18,20). The summed E-state index contributed by atoms with van der Waals surface area (Å²) in [6.45, 7) is 12.5. The second-order valence-corrected chi connectivity index (χ2v) is 8.62. The van der Waals surface area contributed by atoms with Gasteiger partial charge in [0, 0.05) is 6.04 Å². The molecule has 2 amide bonds. The number of carbonyl (C=O) groups excluding carboxylic acids is 2. The average molecular weight is 294 g/mol. The summed E-state index contributed by atoms with van der Waals surface area (Å²) < 4.78 is 0. The van der Waals surface area contributed by atoms with Crippen LogP contribution in [0.4, 0.5) is 0 Å². The van der Waals surface area contributed by atoms with Crippen LogP contribution in [0.2, 0.25) is 0 Å². The minimum atomic E-state index is -0.406. The molecule has 4 nitrogen and oxygen atoms in total. The van der Waals surface area contributed by atoms with E-state index >= 15 is 0 Å². The van der Waals surface area contributed by atoms with Crippen LogP contribution in [0.5, 0.6) is 0 Å². The maximum absolute atomic E-state index is 12.9. The molecule has 21 heavy (non-hydrogen) atoms. The average Bonchev–Trinajstić information content (AvgIpc) is 2.34. The second kappa shape index (κ2) is 5.29. The van der Waals surface area contributed by atoms with Gasteiger partial charge in [0.05, 0.1) is 0 Å². The van der Waals surface area contributed by atoms with Crippen LogP contribution in [0.25, 0.3) is 0 Å². The summed E-state index contributed by atoms with van der Waals surface area (Å²) in [5, 5.41) is 2.91. The second-order valence-electron chi connectivity index (χ2n) is 8.62. The Labute approximate surface area is 128 Å². The van der Waals surface area contributed by atoms with Crippen LogP contribution in [0.3, 0.4) is 0 Å². The van der Waals surface area contributed by atoms with Gasteiger partial charge in [-0.25, -0.2) is 0 Å². The van der Waals surface area contributed by atoms with Crippen molar-refractivity contribution in [1.29, 1.82) is 0 Å². The summed E-state index contributed by atoms with van der Waals surface area (Å²) in [6.07, 6.45) is 4.26. The quantitative estimate of drug-likeness (QED) is 0.808. The minimum absolute atomic E-state index is 0.0145. The predicted molar refractivity (Wildman–Crippen MR) is 83.7 cm³/mol. The molecule has 1 heterocycles. The Morgan fingerprint density at radius 2 is 1.67 bits per heavy atom. The highest BCUT2D eigenvalue weighted by atomic mass is 16.2. The molecule has 1 saturated carbocycles. The Morgan fingerprint density at radius 1 is 1.14 bits per heavy atom. The first kappa shape index (κ1) is 16.3. The van der Waals surface area contributed by atoms with Crippen LogP contribution in [0.15, 0.2) is 0 Å². The van der Waals surface area contributed by atoms with Crippen LogP contribution in [-0.2, 0) is 9.59 Å². The molecular weight excluding hydrogens is 264 g/mol. The summed E-state index contributed by atoms with van der Waals surface area (Å²) in [4.78, 5) is 27.1. The van der Waals surface area contributed by atoms with Gasteiger partial charge in [-0.2, -0.15) is 0 Å². The highest BCUT2D eigenvalue weighted by Crippen LogP contribution is 2.38. The fourth-order valence-corrected chi connectivity index (χ4v) is 3.54. The Morgan fingerprint density at radius 3 is 2.14 bits per heavy atom. The third-order valence-corrected chi connectivity index (χ3v) is 5.15. The van der Waals surface area contributed by atoms with Gasteiger partial charge in [-0.15, -0.1) is 0 Å². The van der Waals surface area contributed by atoms with E-state index in [4.69, 9.17) is 0 Å². The van der Waals surface area contributed by atoms with Crippen LogP contribution in [0.1, 0.15) is 67.2 Å². The van der Waals surface area contributed by atoms with Crippen molar-refractivity contribution in [3.05, 3.63) is 0 Å². The number of carbonyl (C=O) groups is 2. The Kier molecular flexibility index (Phi) is 4.11. The normalized spacial score (nSPS) is 31.2. The fraction of sp³-hybridized carbons (Fsp3) is 0.882. The van der Waals surface area contributed by atoms with E-state index in [1.807, 2.05) is 32.6 Å². The number of nitrogens with one attached hydrogen (secondary N) is 1. The van der Waals surface area contributed by atoms with Gasteiger partial charge in [-0.3, -0.25) is 9.59 Å². The molecule has 1 aliphatic carbocycles. The van der Waals surface area contributed by atoms with Crippen LogP contribution in [-0.4, -0.2) is 34.8 Å². The maximum atomic E-state index is 12.9. The molecule has 120 valence electrons. The van der Waals surface area contributed by atoms with E-state index in [1.165, 1.54) is 0 Å². The molecule has 0 bridgehead atoms. The summed E-state index contributed by atoms with van der Waals surface area (Å²) in [6, 6.07) is -0.533. The number of hydrogen-bond acceptors (Lipinski definition) is 2. The van der Waals surface area contributed by atoms with Crippen molar-refractivity contribution in [1.82, 2.24) is 10.2 Å². The lowest BCUT2D eigenvalue weighted by molar-refractivity contribution is -0.155. The SMILES string of the molecule is CC1C(=O)NC(C(C)(C)C)C(=O)N1C1CCC(C)(C)CC1. The number of piperazine rings is 1. The van der Waals surface area contributed by atoms with Gasteiger partial charge in [-0.05, 0) is 43.4 Å². The Hall–Kier alpha value is -1.06. The van der Waals surface area contributed by atoms with Gasteiger partial charge in [0.25, 0.3) is 0 Å². The van der Waals surface area contributed by atoms with E-state index in [-0.39, 0.29) is 29.3 Å².